The van der Waals surface area contributed by atoms with E-state index in [9.17, 15) is 9.59 Å². The average molecular weight is 397 g/mol. The maximum atomic E-state index is 13.6. The Kier molecular flexibility index (Phi) is 5.65. The third-order valence-electron chi connectivity index (χ3n) is 6.77. The van der Waals surface area contributed by atoms with Gasteiger partial charge in [-0.1, -0.05) is 31.5 Å². The van der Waals surface area contributed by atoms with E-state index in [0.717, 1.165) is 44.1 Å². The Balaban J connectivity index is 1.84. The Hall–Kier alpha value is -1.94. The van der Waals surface area contributed by atoms with Crippen molar-refractivity contribution in [1.82, 2.24) is 0 Å². The molecular weight excluding hydrogens is 364 g/mol. The molecule has 1 aromatic rings. The summed E-state index contributed by atoms with van der Waals surface area (Å²) >= 11 is 0. The first-order chi connectivity index (χ1) is 14.0. The van der Waals surface area contributed by atoms with Crippen molar-refractivity contribution < 1.29 is 19.1 Å². The predicted octanol–water partition coefficient (Wildman–Crippen LogP) is 4.94. The summed E-state index contributed by atoms with van der Waals surface area (Å²) in [6, 6.07) is 4.35. The molecule has 0 unspecified atom stereocenters. The molecule has 0 radical (unpaired) electrons. The molecule has 4 nitrogen and oxygen atoms in total. The zero-order chi connectivity index (χ0) is 20.6. The largest absolute Gasteiger partial charge is 0.430 e. The van der Waals surface area contributed by atoms with Gasteiger partial charge in [-0.3, -0.25) is 9.59 Å². The van der Waals surface area contributed by atoms with Crippen LogP contribution in [0.1, 0.15) is 74.6 Å². The molecule has 1 aliphatic heterocycles. The number of hydrogen-bond acceptors (Lipinski definition) is 4. The molecule has 4 heteroatoms. The molecule has 156 valence electrons. The number of aryl methyl sites for hydroxylation is 3. The minimum absolute atomic E-state index is 0.0146. The summed E-state index contributed by atoms with van der Waals surface area (Å²) in [6.45, 7) is 7.71. The van der Waals surface area contributed by atoms with Crippen molar-refractivity contribution >= 4 is 17.3 Å². The first-order valence-electron chi connectivity index (χ1n) is 11.1. The van der Waals surface area contributed by atoms with Gasteiger partial charge in [-0.2, -0.15) is 0 Å². The summed E-state index contributed by atoms with van der Waals surface area (Å²) in [6.07, 6.45) is 6.40. The Morgan fingerprint density at radius 2 is 1.72 bits per heavy atom. The van der Waals surface area contributed by atoms with Crippen molar-refractivity contribution in [3.8, 4) is 0 Å². The van der Waals surface area contributed by atoms with Crippen LogP contribution in [-0.2, 0) is 31.9 Å². The predicted molar refractivity (Wildman–Crippen MR) is 112 cm³/mol. The number of benzene rings is 1. The fraction of sp³-hybridized carbons (Fsp3) is 0.600. The van der Waals surface area contributed by atoms with Gasteiger partial charge in [0.15, 0.2) is 5.78 Å². The highest BCUT2D eigenvalue weighted by Gasteiger charge is 2.44. The summed E-state index contributed by atoms with van der Waals surface area (Å²) < 4.78 is 11.5. The summed E-state index contributed by atoms with van der Waals surface area (Å²) in [7, 11) is 0. The standard InChI is InChI=1S/C25H32O4/c1-4-17-12-16(3)13-18(5-2)22(17)23-20(26)14-25(8-10-28-11-9-25)15-21(23)29-24(27)19-6-7-19/h12-13,19H,4-11,14-15H2,1-3H3. The quantitative estimate of drug-likeness (QED) is 0.661. The number of ether oxygens (including phenoxy) is 2. The van der Waals surface area contributed by atoms with E-state index in [2.05, 4.69) is 32.9 Å². The maximum Gasteiger partial charge on any atom is 0.314 e. The van der Waals surface area contributed by atoms with E-state index in [-0.39, 0.29) is 23.1 Å². The van der Waals surface area contributed by atoms with E-state index in [0.29, 0.717) is 37.4 Å². The Morgan fingerprint density at radius 3 is 2.28 bits per heavy atom. The minimum atomic E-state index is -0.155. The molecule has 0 aromatic heterocycles. The van der Waals surface area contributed by atoms with E-state index < -0.39 is 0 Å². The summed E-state index contributed by atoms with van der Waals surface area (Å²) in [5, 5.41) is 0. The second-order valence-corrected chi connectivity index (χ2v) is 9.05. The molecule has 1 saturated heterocycles. The van der Waals surface area contributed by atoms with Gasteiger partial charge in [-0.05, 0) is 67.6 Å². The monoisotopic (exact) mass is 396 g/mol. The summed E-state index contributed by atoms with van der Waals surface area (Å²) in [4.78, 5) is 26.2. The number of allylic oxidation sites excluding steroid dienone is 2. The number of ketones is 1. The van der Waals surface area contributed by atoms with E-state index in [1.54, 1.807) is 0 Å². The molecule has 0 amide bonds. The molecule has 2 fully saturated rings. The molecule has 1 aromatic carbocycles. The molecule has 0 bridgehead atoms. The van der Waals surface area contributed by atoms with Crippen molar-refractivity contribution in [3.63, 3.8) is 0 Å². The maximum absolute atomic E-state index is 13.6. The van der Waals surface area contributed by atoms with E-state index >= 15 is 0 Å². The number of carbonyl (C=O) groups excluding carboxylic acids is 2. The second-order valence-electron chi connectivity index (χ2n) is 9.05. The Bertz CT molecular complexity index is 829. The van der Waals surface area contributed by atoms with E-state index in [4.69, 9.17) is 9.47 Å². The highest BCUT2D eigenvalue weighted by molar-refractivity contribution is 6.23. The van der Waals surface area contributed by atoms with Gasteiger partial charge in [0.05, 0.1) is 11.5 Å². The number of hydrogen-bond donors (Lipinski definition) is 0. The van der Waals surface area contributed by atoms with Crippen LogP contribution in [0.5, 0.6) is 0 Å². The van der Waals surface area contributed by atoms with Crippen molar-refractivity contribution in [2.24, 2.45) is 11.3 Å². The van der Waals surface area contributed by atoms with Gasteiger partial charge in [-0.25, -0.2) is 0 Å². The molecule has 29 heavy (non-hydrogen) atoms. The Labute approximate surface area is 173 Å². The fourth-order valence-corrected chi connectivity index (χ4v) is 4.94. The van der Waals surface area contributed by atoms with Gasteiger partial charge >= 0.3 is 5.97 Å². The lowest BCUT2D eigenvalue weighted by molar-refractivity contribution is -0.142. The van der Waals surface area contributed by atoms with E-state index in [1.165, 1.54) is 16.7 Å². The number of carbonyl (C=O) groups is 2. The molecule has 1 saturated carbocycles. The van der Waals surface area contributed by atoms with Crippen molar-refractivity contribution in [2.75, 3.05) is 13.2 Å². The third-order valence-corrected chi connectivity index (χ3v) is 6.77. The summed E-state index contributed by atoms with van der Waals surface area (Å²) in [5.41, 5.74) is 5.13. The molecule has 4 rings (SSSR count). The second kappa shape index (κ2) is 8.06. The SMILES string of the molecule is CCc1cc(C)cc(CC)c1C1=C(OC(=O)C2CC2)CC2(CCOCC2)CC1=O. The lowest BCUT2D eigenvalue weighted by Gasteiger charge is -2.41. The zero-order valence-corrected chi connectivity index (χ0v) is 17.9. The molecule has 3 aliphatic rings. The van der Waals surface area contributed by atoms with Crippen molar-refractivity contribution in [1.29, 1.82) is 0 Å². The van der Waals surface area contributed by atoms with Gasteiger partial charge < -0.3 is 9.47 Å². The molecular formula is C25H32O4. The van der Waals surface area contributed by atoms with Gasteiger partial charge in [0.25, 0.3) is 0 Å². The topological polar surface area (TPSA) is 52.6 Å². The summed E-state index contributed by atoms with van der Waals surface area (Å²) in [5.74, 6) is 0.608. The highest BCUT2D eigenvalue weighted by Crippen LogP contribution is 2.49. The van der Waals surface area contributed by atoms with Crippen LogP contribution in [0.2, 0.25) is 0 Å². The molecule has 0 N–H and O–H groups in total. The van der Waals surface area contributed by atoms with Crippen LogP contribution in [0.15, 0.2) is 17.9 Å². The molecule has 1 heterocycles. The first kappa shape index (κ1) is 20.3. The van der Waals surface area contributed by atoms with Crippen LogP contribution in [0.3, 0.4) is 0 Å². The van der Waals surface area contributed by atoms with Crippen LogP contribution >= 0.6 is 0 Å². The normalized spacial score (nSPS) is 21.6. The van der Waals surface area contributed by atoms with Crippen LogP contribution in [0.25, 0.3) is 5.57 Å². The molecule has 0 atom stereocenters. The number of esters is 1. The van der Waals surface area contributed by atoms with Crippen LogP contribution in [0.4, 0.5) is 0 Å². The molecule has 2 aliphatic carbocycles. The van der Waals surface area contributed by atoms with Crippen molar-refractivity contribution in [2.45, 2.75) is 72.1 Å². The van der Waals surface area contributed by atoms with Crippen LogP contribution in [-0.4, -0.2) is 25.0 Å². The zero-order valence-electron chi connectivity index (χ0n) is 17.9. The number of Topliss-reactive ketones (excluding diaryl/α,β-unsaturated/α-hetero) is 1. The lowest BCUT2D eigenvalue weighted by atomic mass is 9.67. The van der Waals surface area contributed by atoms with Gasteiger partial charge in [0.1, 0.15) is 5.76 Å². The third kappa shape index (κ3) is 4.05. The first-order valence-corrected chi connectivity index (χ1v) is 11.1. The van der Waals surface area contributed by atoms with Crippen LogP contribution in [0, 0.1) is 18.3 Å². The average Bonchev–Trinajstić information content (AvgIpc) is 3.54. The number of rotatable bonds is 5. The minimum Gasteiger partial charge on any atom is -0.430 e. The van der Waals surface area contributed by atoms with Crippen molar-refractivity contribution in [3.05, 3.63) is 40.1 Å². The Morgan fingerprint density at radius 1 is 1.10 bits per heavy atom. The van der Waals surface area contributed by atoms with Crippen LogP contribution < -0.4 is 0 Å². The van der Waals surface area contributed by atoms with Gasteiger partial charge in [-0.15, -0.1) is 0 Å². The highest BCUT2D eigenvalue weighted by atomic mass is 16.5. The smallest absolute Gasteiger partial charge is 0.314 e. The van der Waals surface area contributed by atoms with E-state index in [1.807, 2.05) is 0 Å². The molecule has 1 spiro atoms. The van der Waals surface area contributed by atoms with Gasteiger partial charge in [0.2, 0.25) is 0 Å². The fourth-order valence-electron chi connectivity index (χ4n) is 4.94. The lowest BCUT2D eigenvalue weighted by Crippen LogP contribution is -2.37. The van der Waals surface area contributed by atoms with Gasteiger partial charge in [0, 0.05) is 26.1 Å².